The molecule has 0 saturated heterocycles. The molecule has 0 bridgehead atoms. The Morgan fingerprint density at radius 1 is 1.33 bits per heavy atom. The van der Waals surface area contributed by atoms with Crippen LogP contribution in [0, 0.1) is 6.92 Å². The van der Waals surface area contributed by atoms with E-state index in [1.54, 1.807) is 11.3 Å². The number of nitrogens with two attached hydrogens (primary N) is 1. The first kappa shape index (κ1) is 13.2. The molecule has 4 heteroatoms. The highest BCUT2D eigenvalue weighted by atomic mass is 32.1. The predicted molar refractivity (Wildman–Crippen MR) is 76.7 cm³/mol. The Balaban J connectivity index is 2.22. The van der Waals surface area contributed by atoms with E-state index in [0.717, 1.165) is 30.1 Å². The summed E-state index contributed by atoms with van der Waals surface area (Å²) in [5.41, 5.74) is 7.86. The predicted octanol–water partition coefficient (Wildman–Crippen LogP) is 3.18. The fraction of sp³-hybridized carbons (Fsp3) is 0.429. The molecule has 2 aromatic rings. The SMILES string of the molecule is Cc1cc(-c2cccs2)nc(CCC(C)(C)N)n1. The molecule has 0 aromatic carbocycles. The summed E-state index contributed by atoms with van der Waals surface area (Å²) in [6, 6.07) is 6.16. The topological polar surface area (TPSA) is 51.8 Å². The summed E-state index contributed by atoms with van der Waals surface area (Å²) < 4.78 is 0. The lowest BCUT2D eigenvalue weighted by Crippen LogP contribution is -2.32. The van der Waals surface area contributed by atoms with Gasteiger partial charge in [-0.05, 0) is 44.7 Å². The minimum Gasteiger partial charge on any atom is -0.326 e. The highest BCUT2D eigenvalue weighted by Gasteiger charge is 2.12. The molecule has 0 aliphatic carbocycles. The normalized spacial score (nSPS) is 11.8. The van der Waals surface area contributed by atoms with E-state index in [1.165, 1.54) is 4.88 Å². The van der Waals surface area contributed by atoms with Crippen molar-refractivity contribution in [3.8, 4) is 10.6 Å². The van der Waals surface area contributed by atoms with Gasteiger partial charge in [-0.2, -0.15) is 0 Å². The van der Waals surface area contributed by atoms with Crippen molar-refractivity contribution in [3.63, 3.8) is 0 Å². The third kappa shape index (κ3) is 3.62. The lowest BCUT2D eigenvalue weighted by molar-refractivity contribution is 0.470. The molecule has 0 amide bonds. The van der Waals surface area contributed by atoms with E-state index < -0.39 is 0 Å². The highest BCUT2D eigenvalue weighted by molar-refractivity contribution is 7.13. The van der Waals surface area contributed by atoms with E-state index in [-0.39, 0.29) is 5.54 Å². The summed E-state index contributed by atoms with van der Waals surface area (Å²) in [5, 5.41) is 2.06. The third-order valence-electron chi connectivity index (χ3n) is 2.67. The second-order valence-electron chi connectivity index (χ2n) is 5.28. The molecule has 2 aromatic heterocycles. The second-order valence-corrected chi connectivity index (χ2v) is 6.22. The number of rotatable bonds is 4. The van der Waals surface area contributed by atoms with Crippen LogP contribution in [0.25, 0.3) is 10.6 Å². The number of thiophene rings is 1. The Morgan fingerprint density at radius 2 is 2.11 bits per heavy atom. The summed E-state index contributed by atoms with van der Waals surface area (Å²) in [4.78, 5) is 10.3. The molecule has 2 N–H and O–H groups in total. The Morgan fingerprint density at radius 3 is 2.72 bits per heavy atom. The van der Waals surface area contributed by atoms with Crippen LogP contribution in [0.3, 0.4) is 0 Å². The zero-order valence-corrected chi connectivity index (χ0v) is 11.9. The van der Waals surface area contributed by atoms with Gasteiger partial charge in [0.2, 0.25) is 0 Å². The van der Waals surface area contributed by atoms with Crippen molar-refractivity contribution in [1.82, 2.24) is 9.97 Å². The van der Waals surface area contributed by atoms with Gasteiger partial charge in [-0.3, -0.25) is 0 Å². The molecule has 0 saturated carbocycles. The first-order valence-electron chi connectivity index (χ1n) is 6.11. The molecule has 0 aliphatic rings. The number of aryl methyl sites for hydroxylation is 2. The van der Waals surface area contributed by atoms with E-state index in [1.807, 2.05) is 32.9 Å². The van der Waals surface area contributed by atoms with Gasteiger partial charge in [-0.25, -0.2) is 9.97 Å². The van der Waals surface area contributed by atoms with Crippen molar-refractivity contribution >= 4 is 11.3 Å². The lowest BCUT2D eigenvalue weighted by Gasteiger charge is -2.17. The zero-order chi connectivity index (χ0) is 13.2. The van der Waals surface area contributed by atoms with E-state index in [9.17, 15) is 0 Å². The quantitative estimate of drug-likeness (QED) is 0.919. The zero-order valence-electron chi connectivity index (χ0n) is 11.1. The minimum absolute atomic E-state index is 0.170. The van der Waals surface area contributed by atoms with Crippen molar-refractivity contribution < 1.29 is 0 Å². The Bertz CT molecular complexity index is 512. The maximum Gasteiger partial charge on any atom is 0.129 e. The van der Waals surface area contributed by atoms with E-state index in [2.05, 4.69) is 21.4 Å². The Kier molecular flexibility index (Phi) is 3.78. The Hall–Kier alpha value is -1.26. The van der Waals surface area contributed by atoms with E-state index in [4.69, 9.17) is 5.73 Å². The molecule has 0 unspecified atom stereocenters. The van der Waals surface area contributed by atoms with Crippen molar-refractivity contribution in [2.24, 2.45) is 5.73 Å². The maximum absolute atomic E-state index is 6.00. The molecular formula is C14H19N3S. The van der Waals surface area contributed by atoms with Gasteiger partial charge < -0.3 is 5.73 Å². The fourth-order valence-electron chi connectivity index (χ4n) is 1.73. The molecule has 96 valence electrons. The smallest absolute Gasteiger partial charge is 0.129 e. The van der Waals surface area contributed by atoms with Crippen LogP contribution in [-0.4, -0.2) is 15.5 Å². The van der Waals surface area contributed by atoms with Crippen LogP contribution < -0.4 is 5.73 Å². The number of aromatic nitrogens is 2. The average molecular weight is 261 g/mol. The number of hydrogen-bond acceptors (Lipinski definition) is 4. The molecule has 3 nitrogen and oxygen atoms in total. The maximum atomic E-state index is 6.00. The van der Waals surface area contributed by atoms with Gasteiger partial charge in [0.15, 0.2) is 0 Å². The number of hydrogen-bond donors (Lipinski definition) is 1. The summed E-state index contributed by atoms with van der Waals surface area (Å²) in [6.07, 6.45) is 1.71. The third-order valence-corrected chi connectivity index (χ3v) is 3.56. The standard InChI is InChI=1S/C14H19N3S/c1-10-9-11(12-5-4-8-18-12)17-13(16-10)6-7-14(2,3)15/h4-5,8-9H,6-7,15H2,1-3H3. The van der Waals surface area contributed by atoms with Crippen molar-refractivity contribution in [2.45, 2.75) is 39.2 Å². The van der Waals surface area contributed by atoms with Crippen LogP contribution in [0.15, 0.2) is 23.6 Å². The van der Waals surface area contributed by atoms with Crippen LogP contribution in [0.4, 0.5) is 0 Å². The van der Waals surface area contributed by atoms with Crippen molar-refractivity contribution in [1.29, 1.82) is 0 Å². The monoisotopic (exact) mass is 261 g/mol. The van der Waals surface area contributed by atoms with Crippen molar-refractivity contribution in [2.75, 3.05) is 0 Å². The first-order chi connectivity index (χ1) is 8.44. The van der Waals surface area contributed by atoms with Crippen molar-refractivity contribution in [3.05, 3.63) is 35.1 Å². The Labute approximate surface area is 112 Å². The largest absolute Gasteiger partial charge is 0.326 e. The van der Waals surface area contributed by atoms with Gasteiger partial charge in [0, 0.05) is 17.7 Å². The fourth-order valence-corrected chi connectivity index (χ4v) is 2.41. The van der Waals surface area contributed by atoms with Crippen LogP contribution >= 0.6 is 11.3 Å². The van der Waals surface area contributed by atoms with Gasteiger partial charge in [0.05, 0.1) is 10.6 Å². The average Bonchev–Trinajstić information content (AvgIpc) is 2.78. The van der Waals surface area contributed by atoms with Gasteiger partial charge in [0.1, 0.15) is 5.82 Å². The summed E-state index contributed by atoms with van der Waals surface area (Å²) >= 11 is 1.70. The summed E-state index contributed by atoms with van der Waals surface area (Å²) in [7, 11) is 0. The van der Waals surface area contributed by atoms with Gasteiger partial charge in [-0.1, -0.05) is 6.07 Å². The van der Waals surface area contributed by atoms with Gasteiger partial charge in [0.25, 0.3) is 0 Å². The molecule has 0 radical (unpaired) electrons. The van der Waals surface area contributed by atoms with Crippen LogP contribution in [0.5, 0.6) is 0 Å². The van der Waals surface area contributed by atoms with Gasteiger partial charge >= 0.3 is 0 Å². The molecular weight excluding hydrogens is 242 g/mol. The highest BCUT2D eigenvalue weighted by Crippen LogP contribution is 2.23. The molecule has 0 atom stereocenters. The summed E-state index contributed by atoms with van der Waals surface area (Å²) in [6.45, 7) is 6.07. The van der Waals surface area contributed by atoms with Crippen LogP contribution in [0.1, 0.15) is 31.8 Å². The lowest BCUT2D eigenvalue weighted by atomic mass is 10.00. The van der Waals surface area contributed by atoms with E-state index in [0.29, 0.717) is 0 Å². The molecule has 0 aliphatic heterocycles. The summed E-state index contributed by atoms with van der Waals surface area (Å²) in [5.74, 6) is 0.886. The molecule has 2 heterocycles. The molecule has 0 fully saturated rings. The van der Waals surface area contributed by atoms with Crippen LogP contribution in [0.2, 0.25) is 0 Å². The van der Waals surface area contributed by atoms with E-state index >= 15 is 0 Å². The first-order valence-corrected chi connectivity index (χ1v) is 6.99. The van der Waals surface area contributed by atoms with Gasteiger partial charge in [-0.15, -0.1) is 11.3 Å². The molecule has 2 rings (SSSR count). The second kappa shape index (κ2) is 5.16. The van der Waals surface area contributed by atoms with Crippen LogP contribution in [-0.2, 0) is 6.42 Å². The minimum atomic E-state index is -0.170. The molecule has 18 heavy (non-hydrogen) atoms. The number of nitrogens with zero attached hydrogens (tertiary/aromatic N) is 2. The molecule has 0 spiro atoms.